The van der Waals surface area contributed by atoms with Crippen LogP contribution in [0.3, 0.4) is 0 Å². The molecule has 0 saturated heterocycles. The number of nitriles is 2. The highest BCUT2D eigenvalue weighted by atomic mass is 127. The first-order chi connectivity index (χ1) is 40.8. The Kier molecular flexibility index (Phi) is 46.7. The second kappa shape index (κ2) is 51.7. The molecule has 0 aliphatic carbocycles. The average molecular weight is 1360 g/mol. The van der Waals surface area contributed by atoms with Crippen LogP contribution in [0.2, 0.25) is 0 Å². The van der Waals surface area contributed by atoms with Gasteiger partial charge in [-0.05, 0) is 162 Å². The van der Waals surface area contributed by atoms with Crippen LogP contribution in [0.5, 0.6) is 0 Å². The summed E-state index contributed by atoms with van der Waals surface area (Å²) in [7, 11) is 0. The fourth-order valence-electron chi connectivity index (χ4n) is 12.6. The molecule has 0 N–H and O–H groups in total. The van der Waals surface area contributed by atoms with Crippen LogP contribution in [0.15, 0.2) is 65.5 Å². The van der Waals surface area contributed by atoms with Crippen molar-refractivity contribution in [2.45, 2.75) is 354 Å². The van der Waals surface area contributed by atoms with Crippen LogP contribution in [0.4, 0.5) is 5.69 Å². The van der Waals surface area contributed by atoms with Gasteiger partial charge in [-0.15, -0.1) is 0 Å². The number of ether oxygens (including phenoxy) is 1. The van der Waals surface area contributed by atoms with Gasteiger partial charge < -0.3 is 9.64 Å². The number of halogens is 2. The third-order valence-corrected chi connectivity index (χ3v) is 20.1. The van der Waals surface area contributed by atoms with E-state index in [2.05, 4.69) is 138 Å². The maximum Gasteiger partial charge on any atom is 0.171 e. The maximum absolute atomic E-state index is 9.84. The molecule has 2 aromatic carbocycles. The van der Waals surface area contributed by atoms with Crippen LogP contribution in [0.1, 0.15) is 353 Å². The summed E-state index contributed by atoms with van der Waals surface area (Å²) in [6, 6.07) is 18.5. The van der Waals surface area contributed by atoms with E-state index in [1.165, 1.54) is 314 Å². The molecule has 3 rings (SSSR count). The Hall–Kier alpha value is -2.30. The maximum atomic E-state index is 9.84. The van der Waals surface area contributed by atoms with Crippen LogP contribution in [-0.2, 0) is 17.6 Å². The van der Waals surface area contributed by atoms with Gasteiger partial charge in [0, 0.05) is 25.9 Å². The lowest BCUT2D eigenvalue weighted by Crippen LogP contribution is -2.31. The van der Waals surface area contributed by atoms with Crippen LogP contribution < -0.4 is 4.90 Å². The molecule has 0 unspecified atom stereocenters. The lowest BCUT2D eigenvalue weighted by atomic mass is 9.83. The number of unbranched alkanes of at least 4 members (excludes halogenated alkanes) is 41. The van der Waals surface area contributed by atoms with Gasteiger partial charge in [-0.25, -0.2) is 0 Å². The molecule has 0 spiro atoms. The van der Waals surface area contributed by atoms with E-state index in [4.69, 9.17) is 4.74 Å². The average Bonchev–Trinajstić information content (AvgIpc) is 4.04. The van der Waals surface area contributed by atoms with Gasteiger partial charge in [0.1, 0.15) is 23.5 Å². The Balaban J connectivity index is 1.43. The predicted octanol–water partition coefficient (Wildman–Crippen LogP) is 26.3. The van der Waals surface area contributed by atoms with Crippen LogP contribution >= 0.6 is 45.2 Å². The molecule has 2 aromatic rings. The summed E-state index contributed by atoms with van der Waals surface area (Å²) >= 11 is 5.23. The van der Waals surface area contributed by atoms with Crippen LogP contribution in [-0.4, -0.2) is 18.7 Å². The Bertz CT molecular complexity index is 2050. The van der Waals surface area contributed by atoms with E-state index in [0.717, 1.165) is 44.3 Å². The molecule has 83 heavy (non-hydrogen) atoms. The molecule has 1 aliphatic heterocycles. The first kappa shape index (κ1) is 75.0. The van der Waals surface area contributed by atoms with Crippen molar-refractivity contribution in [3.63, 3.8) is 0 Å². The third kappa shape index (κ3) is 35.3. The zero-order chi connectivity index (χ0) is 59.5. The number of hydrogen-bond acceptors (Lipinski definition) is 4. The van der Waals surface area contributed by atoms with E-state index in [9.17, 15) is 10.5 Å². The summed E-state index contributed by atoms with van der Waals surface area (Å²) in [4.78, 5) is 2.68. The number of benzene rings is 2. The summed E-state index contributed by atoms with van der Waals surface area (Å²) in [5, 5.41) is 19.7. The monoisotopic (exact) mass is 1360 g/mol. The van der Waals surface area contributed by atoms with Crippen molar-refractivity contribution in [1.82, 2.24) is 0 Å². The minimum absolute atomic E-state index is 0.0752. The van der Waals surface area contributed by atoms with Crippen LogP contribution in [0, 0.1) is 29.8 Å². The molecule has 0 atom stereocenters. The van der Waals surface area contributed by atoms with E-state index >= 15 is 0 Å². The highest BCUT2D eigenvalue weighted by molar-refractivity contribution is 14.1. The normalized spacial score (nSPS) is 13.0. The largest absolute Gasteiger partial charge is 0.480 e. The fraction of sp³-hybridized carbons (Fsp3) is 0.740. The fourth-order valence-corrected chi connectivity index (χ4v) is 14.2. The molecule has 0 amide bonds. The topological polar surface area (TPSA) is 60.0 Å². The SMILES string of the molecule is CCCCCCCCCCCCCCCCc1cc(I)c(CCCCCCCCCCCCN(CCCCCCCCCCCCCCCC)c2ccc(/C=C/C3=CC(=C(C#N)C#N)OC3(CCCCCC)CCCCCC)cc2)cc1I. The zero-order valence-corrected chi connectivity index (χ0v) is 58.8. The minimum Gasteiger partial charge on any atom is -0.480 e. The number of aryl methyl sites for hydroxylation is 2. The molecule has 0 fully saturated rings. The minimum atomic E-state index is -0.492. The summed E-state index contributed by atoms with van der Waals surface area (Å²) in [6.07, 6.45) is 73.0. The number of anilines is 1. The molecular weight excluding hydrogens is 1240 g/mol. The predicted molar refractivity (Wildman–Crippen MR) is 381 cm³/mol. The van der Waals surface area contributed by atoms with Crippen molar-refractivity contribution >= 4 is 56.9 Å². The second-order valence-electron chi connectivity index (χ2n) is 25.5. The Labute approximate surface area is 541 Å². The second-order valence-corrected chi connectivity index (χ2v) is 27.8. The van der Waals surface area contributed by atoms with Gasteiger partial charge >= 0.3 is 0 Å². The van der Waals surface area contributed by atoms with Crippen molar-refractivity contribution in [2.24, 2.45) is 0 Å². The lowest BCUT2D eigenvalue weighted by Gasteiger charge is -2.32. The van der Waals surface area contributed by atoms with Gasteiger partial charge in [0.2, 0.25) is 0 Å². The quantitative estimate of drug-likeness (QED) is 0.0376. The molecule has 6 heteroatoms. The Morgan fingerprint density at radius 2 is 0.735 bits per heavy atom. The smallest absolute Gasteiger partial charge is 0.171 e. The molecule has 0 radical (unpaired) electrons. The van der Waals surface area contributed by atoms with E-state index in [-0.39, 0.29) is 5.57 Å². The molecule has 4 nitrogen and oxygen atoms in total. The number of rotatable bonds is 56. The molecule has 0 bridgehead atoms. The Morgan fingerprint density at radius 3 is 1.07 bits per heavy atom. The third-order valence-electron chi connectivity index (χ3n) is 18.1. The first-order valence-electron chi connectivity index (χ1n) is 35.8. The van der Waals surface area contributed by atoms with Gasteiger partial charge in [0.15, 0.2) is 5.57 Å². The van der Waals surface area contributed by atoms with E-state index in [1.807, 2.05) is 6.08 Å². The van der Waals surface area contributed by atoms with E-state index in [0.29, 0.717) is 5.76 Å². The van der Waals surface area contributed by atoms with Gasteiger partial charge in [-0.2, -0.15) is 10.5 Å². The first-order valence-corrected chi connectivity index (χ1v) is 38.0. The van der Waals surface area contributed by atoms with Crippen molar-refractivity contribution in [2.75, 3.05) is 18.0 Å². The summed E-state index contributed by atoms with van der Waals surface area (Å²) < 4.78 is 9.71. The van der Waals surface area contributed by atoms with Gasteiger partial charge in [0.05, 0.1) is 0 Å². The van der Waals surface area contributed by atoms with Crippen molar-refractivity contribution in [1.29, 1.82) is 10.5 Å². The number of nitrogens with zero attached hydrogens (tertiary/aromatic N) is 3. The van der Waals surface area contributed by atoms with Gasteiger partial charge in [-0.1, -0.05) is 309 Å². The van der Waals surface area contributed by atoms with Gasteiger partial charge in [0.25, 0.3) is 0 Å². The highest BCUT2D eigenvalue weighted by Gasteiger charge is 2.40. The zero-order valence-electron chi connectivity index (χ0n) is 54.5. The summed E-state index contributed by atoms with van der Waals surface area (Å²) in [6.45, 7) is 11.4. The van der Waals surface area contributed by atoms with E-state index < -0.39 is 5.60 Å². The molecule has 0 aromatic heterocycles. The molecule has 1 heterocycles. The van der Waals surface area contributed by atoms with Gasteiger partial charge in [-0.3, -0.25) is 0 Å². The van der Waals surface area contributed by atoms with Crippen molar-refractivity contribution in [3.8, 4) is 12.1 Å². The molecule has 1 aliphatic rings. The summed E-state index contributed by atoms with van der Waals surface area (Å²) in [5.41, 5.74) is 6.35. The number of hydrogen-bond donors (Lipinski definition) is 0. The highest BCUT2D eigenvalue weighted by Crippen LogP contribution is 2.43. The standard InChI is InChI=1S/C77H125I2N3O/c1-5-9-13-17-19-21-23-25-27-29-33-37-41-45-51-69-63-75(79)70(64-74(69)78)52-46-42-38-34-30-32-36-40-44-50-62-82(61-49-43-39-35-31-28-26-24-22-20-18-14-10-6-2)73-57-54-68(55-58-73)53-56-72-65-76(71(66-80)67-81)83-77(72,59-47-15-11-7-3)60-48-16-12-8-4/h53-58,63-65H,5-52,59-62H2,1-4H3/b56-53+. The lowest BCUT2D eigenvalue weighted by molar-refractivity contribution is 0.0389. The van der Waals surface area contributed by atoms with Crippen molar-refractivity contribution in [3.05, 3.63) is 89.3 Å². The Morgan fingerprint density at radius 1 is 0.422 bits per heavy atom. The van der Waals surface area contributed by atoms with Crippen LogP contribution in [0.25, 0.3) is 6.08 Å². The van der Waals surface area contributed by atoms with Crippen molar-refractivity contribution < 1.29 is 4.74 Å². The summed E-state index contributed by atoms with van der Waals surface area (Å²) in [5.74, 6) is 0.447. The molecule has 0 saturated carbocycles. The molecular formula is C77H125I2N3O. The number of allylic oxidation sites excluding steroid dienone is 2. The van der Waals surface area contributed by atoms with E-state index in [1.54, 1.807) is 11.1 Å². The molecule has 468 valence electrons.